The summed E-state index contributed by atoms with van der Waals surface area (Å²) in [6, 6.07) is 12.6. The van der Waals surface area contributed by atoms with Gasteiger partial charge < -0.3 is 15.0 Å². The van der Waals surface area contributed by atoms with Crippen molar-refractivity contribution in [1.29, 1.82) is 0 Å². The zero-order chi connectivity index (χ0) is 16.8. The number of carbonyl (C=O) groups is 2. The van der Waals surface area contributed by atoms with Crippen LogP contribution in [0.2, 0.25) is 0 Å². The van der Waals surface area contributed by atoms with Crippen molar-refractivity contribution in [3.63, 3.8) is 0 Å². The zero-order valence-electron chi connectivity index (χ0n) is 12.9. The summed E-state index contributed by atoms with van der Waals surface area (Å²) in [5.74, 6) is -0.728. The summed E-state index contributed by atoms with van der Waals surface area (Å²) >= 11 is 0. The molecule has 2 rings (SSSR count). The number of nitrogens with zero attached hydrogens (tertiary/aromatic N) is 1. The quantitative estimate of drug-likeness (QED) is 0.923. The lowest BCUT2D eigenvalue weighted by atomic mass is 10.2. The smallest absolute Gasteiger partial charge is 0.244 e. The van der Waals surface area contributed by atoms with Gasteiger partial charge in [0.05, 0.1) is 12.8 Å². The molecule has 5 nitrogen and oxygen atoms in total. The van der Waals surface area contributed by atoms with Gasteiger partial charge in [-0.3, -0.25) is 9.59 Å². The van der Waals surface area contributed by atoms with Crippen molar-refractivity contribution in [3.8, 4) is 5.75 Å². The number of methoxy groups -OCH3 is 1. The highest BCUT2D eigenvalue weighted by Crippen LogP contribution is 2.19. The van der Waals surface area contributed by atoms with Crippen LogP contribution in [0.5, 0.6) is 5.75 Å². The fraction of sp³-hybridized carbons (Fsp3) is 0.176. The van der Waals surface area contributed by atoms with E-state index in [0.717, 1.165) is 4.90 Å². The average Bonchev–Trinajstić information content (AvgIpc) is 2.54. The normalized spacial score (nSPS) is 10.0. The Morgan fingerprint density at radius 2 is 1.78 bits per heavy atom. The summed E-state index contributed by atoms with van der Waals surface area (Å²) in [5, 5.41) is 2.66. The van der Waals surface area contributed by atoms with E-state index in [0.29, 0.717) is 11.4 Å². The minimum Gasteiger partial charge on any atom is -0.497 e. The molecule has 0 fully saturated rings. The number of amides is 2. The predicted molar refractivity (Wildman–Crippen MR) is 86.1 cm³/mol. The van der Waals surface area contributed by atoms with E-state index in [2.05, 4.69) is 5.32 Å². The molecule has 0 spiro atoms. The second-order valence-electron chi connectivity index (χ2n) is 4.83. The van der Waals surface area contributed by atoms with Gasteiger partial charge in [0.15, 0.2) is 0 Å². The highest BCUT2D eigenvalue weighted by atomic mass is 19.1. The highest BCUT2D eigenvalue weighted by molar-refractivity contribution is 6.01. The van der Waals surface area contributed by atoms with Crippen LogP contribution in [0.25, 0.3) is 0 Å². The molecule has 0 radical (unpaired) electrons. The van der Waals surface area contributed by atoms with Crippen LogP contribution in [-0.4, -0.2) is 25.5 Å². The van der Waals surface area contributed by atoms with Crippen LogP contribution in [0.1, 0.15) is 6.92 Å². The van der Waals surface area contributed by atoms with Crippen molar-refractivity contribution in [2.45, 2.75) is 6.92 Å². The first-order valence-corrected chi connectivity index (χ1v) is 6.98. The molecule has 0 atom stereocenters. The first-order chi connectivity index (χ1) is 11.0. The van der Waals surface area contributed by atoms with Gasteiger partial charge in [0.1, 0.15) is 18.1 Å². The Balaban J connectivity index is 2.09. The van der Waals surface area contributed by atoms with E-state index in [4.69, 9.17) is 4.74 Å². The summed E-state index contributed by atoms with van der Waals surface area (Å²) in [6.07, 6.45) is 0. The average molecular weight is 316 g/mol. The van der Waals surface area contributed by atoms with Gasteiger partial charge in [-0.2, -0.15) is 0 Å². The summed E-state index contributed by atoms with van der Waals surface area (Å²) in [6.45, 7) is 1.01. The van der Waals surface area contributed by atoms with Gasteiger partial charge in [0, 0.05) is 12.6 Å². The van der Waals surface area contributed by atoms with Crippen LogP contribution in [0.15, 0.2) is 48.5 Å². The van der Waals surface area contributed by atoms with Gasteiger partial charge in [-0.15, -0.1) is 0 Å². The number of anilines is 2. The Labute approximate surface area is 133 Å². The number of hydrogen-bond acceptors (Lipinski definition) is 3. The fourth-order valence-corrected chi connectivity index (χ4v) is 2.06. The molecule has 6 heteroatoms. The Bertz CT molecular complexity index is 701. The number of rotatable bonds is 5. The third-order valence-electron chi connectivity index (χ3n) is 3.20. The SMILES string of the molecule is COc1ccc(NC(=O)CN(C(C)=O)c2ccccc2F)cc1. The maximum Gasteiger partial charge on any atom is 0.244 e. The van der Waals surface area contributed by atoms with Crippen LogP contribution in [-0.2, 0) is 9.59 Å². The van der Waals surface area contributed by atoms with Gasteiger partial charge in [0.2, 0.25) is 11.8 Å². The summed E-state index contributed by atoms with van der Waals surface area (Å²) in [5.41, 5.74) is 0.637. The van der Waals surface area contributed by atoms with E-state index in [-0.39, 0.29) is 12.2 Å². The number of para-hydroxylation sites is 1. The molecule has 0 aliphatic carbocycles. The summed E-state index contributed by atoms with van der Waals surface area (Å²) in [4.78, 5) is 24.9. The third-order valence-corrected chi connectivity index (χ3v) is 3.20. The Morgan fingerprint density at radius 1 is 1.13 bits per heavy atom. The maximum absolute atomic E-state index is 13.8. The van der Waals surface area contributed by atoms with Crippen LogP contribution < -0.4 is 15.0 Å². The van der Waals surface area contributed by atoms with E-state index in [9.17, 15) is 14.0 Å². The molecule has 0 aromatic heterocycles. The largest absolute Gasteiger partial charge is 0.497 e. The molecule has 0 heterocycles. The van der Waals surface area contributed by atoms with Crippen molar-refractivity contribution >= 4 is 23.2 Å². The summed E-state index contributed by atoms with van der Waals surface area (Å²) < 4.78 is 18.9. The molecule has 2 aromatic rings. The van der Waals surface area contributed by atoms with Crippen molar-refractivity contribution in [1.82, 2.24) is 0 Å². The van der Waals surface area contributed by atoms with Gasteiger partial charge in [-0.25, -0.2) is 4.39 Å². The number of halogens is 1. The Hall–Kier alpha value is -2.89. The number of ether oxygens (including phenoxy) is 1. The van der Waals surface area contributed by atoms with Crippen LogP contribution >= 0.6 is 0 Å². The van der Waals surface area contributed by atoms with Crippen LogP contribution in [0, 0.1) is 5.82 Å². The van der Waals surface area contributed by atoms with Crippen molar-refractivity contribution in [2.24, 2.45) is 0 Å². The van der Waals surface area contributed by atoms with E-state index in [1.165, 1.54) is 25.1 Å². The van der Waals surface area contributed by atoms with E-state index < -0.39 is 17.6 Å². The number of hydrogen-bond donors (Lipinski definition) is 1. The lowest BCUT2D eigenvalue weighted by Crippen LogP contribution is -2.37. The van der Waals surface area contributed by atoms with Gasteiger partial charge in [0.25, 0.3) is 0 Å². The van der Waals surface area contributed by atoms with Gasteiger partial charge in [-0.05, 0) is 36.4 Å². The Morgan fingerprint density at radius 3 is 2.35 bits per heavy atom. The zero-order valence-corrected chi connectivity index (χ0v) is 12.9. The van der Waals surface area contributed by atoms with Crippen molar-refractivity contribution in [3.05, 3.63) is 54.3 Å². The predicted octanol–water partition coefficient (Wildman–Crippen LogP) is 2.83. The molecule has 2 amide bonds. The molecule has 0 aliphatic heterocycles. The molecule has 120 valence electrons. The fourth-order valence-electron chi connectivity index (χ4n) is 2.06. The van der Waals surface area contributed by atoms with Crippen LogP contribution in [0.3, 0.4) is 0 Å². The molecule has 0 aliphatic rings. The van der Waals surface area contributed by atoms with Crippen molar-refractivity contribution in [2.75, 3.05) is 23.9 Å². The second kappa shape index (κ2) is 7.40. The van der Waals surface area contributed by atoms with Gasteiger partial charge in [-0.1, -0.05) is 12.1 Å². The number of benzene rings is 2. The molecule has 23 heavy (non-hydrogen) atoms. The minimum absolute atomic E-state index is 0.0740. The lowest BCUT2D eigenvalue weighted by Gasteiger charge is -2.21. The highest BCUT2D eigenvalue weighted by Gasteiger charge is 2.18. The van der Waals surface area contributed by atoms with Gasteiger partial charge >= 0.3 is 0 Å². The topological polar surface area (TPSA) is 58.6 Å². The molecule has 0 saturated heterocycles. The maximum atomic E-state index is 13.8. The first kappa shape index (κ1) is 16.5. The molecule has 2 aromatic carbocycles. The number of carbonyl (C=O) groups excluding carboxylic acids is 2. The van der Waals surface area contributed by atoms with E-state index in [1.54, 1.807) is 37.4 Å². The lowest BCUT2D eigenvalue weighted by molar-refractivity contribution is -0.120. The standard InChI is InChI=1S/C17H17FN2O3/c1-12(21)20(16-6-4-3-5-15(16)18)11-17(22)19-13-7-9-14(23-2)10-8-13/h3-10H,11H2,1-2H3,(H,19,22). The third kappa shape index (κ3) is 4.29. The number of nitrogens with one attached hydrogen (secondary N) is 1. The monoisotopic (exact) mass is 316 g/mol. The molecular weight excluding hydrogens is 299 g/mol. The molecule has 0 saturated carbocycles. The van der Waals surface area contributed by atoms with Crippen molar-refractivity contribution < 1.29 is 18.7 Å². The van der Waals surface area contributed by atoms with E-state index in [1.807, 2.05) is 0 Å². The molecule has 1 N–H and O–H groups in total. The second-order valence-corrected chi connectivity index (χ2v) is 4.83. The first-order valence-electron chi connectivity index (χ1n) is 6.98. The van der Waals surface area contributed by atoms with E-state index >= 15 is 0 Å². The molecular formula is C17H17FN2O3. The minimum atomic E-state index is -0.556. The Kier molecular flexibility index (Phi) is 5.30. The molecule has 0 bridgehead atoms. The molecule has 0 unspecified atom stereocenters. The van der Waals surface area contributed by atoms with Crippen LogP contribution in [0.4, 0.5) is 15.8 Å². The summed E-state index contributed by atoms with van der Waals surface area (Å²) in [7, 11) is 1.55.